The monoisotopic (exact) mass is 241 g/mol. The summed E-state index contributed by atoms with van der Waals surface area (Å²) in [6, 6.07) is 5.74. The summed E-state index contributed by atoms with van der Waals surface area (Å²) in [6.45, 7) is 0. The first-order chi connectivity index (χ1) is 5.93. The first-order valence-corrected chi connectivity index (χ1v) is 5.73. The Morgan fingerprint density at radius 3 is 2.36 bits per heavy atom. The van der Waals surface area contributed by atoms with Crippen LogP contribution in [0.2, 0.25) is 0 Å². The van der Waals surface area contributed by atoms with Crippen LogP contribution in [-0.4, -0.2) is 14.7 Å². The summed E-state index contributed by atoms with van der Waals surface area (Å²) < 4.78 is 20.1. The Morgan fingerprint density at radius 1 is 1.50 bits per heavy atom. The van der Waals surface area contributed by atoms with Crippen LogP contribution in [0.4, 0.5) is 0 Å². The number of carbonyl (C=O) groups excluding carboxylic acids is 1. The van der Waals surface area contributed by atoms with Crippen LogP contribution in [-0.2, 0) is 20.0 Å². The zero-order valence-electron chi connectivity index (χ0n) is 8.47. The Labute approximate surface area is 110 Å². The number of primary amides is 1. The van der Waals surface area contributed by atoms with Gasteiger partial charge in [-0.25, -0.2) is 4.21 Å². The van der Waals surface area contributed by atoms with Gasteiger partial charge in [0, 0.05) is 11.2 Å². The van der Waals surface area contributed by atoms with Crippen molar-refractivity contribution in [2.45, 2.75) is 4.90 Å². The predicted octanol–water partition coefficient (Wildman–Crippen LogP) is -2.52. The van der Waals surface area contributed by atoms with Crippen LogP contribution in [0.1, 0.15) is 11.8 Å². The minimum absolute atomic E-state index is 0. The molecule has 0 heterocycles. The first kappa shape index (κ1) is 14.0. The Hall–Kier alpha value is 0.0200. The molecule has 1 aromatic carbocycles. The van der Waals surface area contributed by atoms with E-state index in [1.807, 2.05) is 0 Å². The fourth-order valence-electron chi connectivity index (χ4n) is 0.895. The average molecular weight is 241 g/mol. The number of nitrogens with two attached hydrogens (primary N) is 1. The summed E-state index contributed by atoms with van der Waals surface area (Å²) in [7, 11) is -3.55. The molecule has 1 aromatic rings. The van der Waals surface area contributed by atoms with E-state index in [0.29, 0.717) is 0 Å². The standard InChI is InChI=1S/C7H7NO3S2.Na.H/c8-7(9)5-3-1-2-4-6(5)13(10,11)12;;/h1-4H,(H2,8,9)(H,10,11,12);;/q;+1;-1. The summed E-state index contributed by atoms with van der Waals surface area (Å²) in [4.78, 5) is 10.7. The van der Waals surface area contributed by atoms with Crippen molar-refractivity contribution < 1.29 is 44.5 Å². The summed E-state index contributed by atoms with van der Waals surface area (Å²) in [6.07, 6.45) is 0. The van der Waals surface area contributed by atoms with Gasteiger partial charge in [0.2, 0.25) is 5.91 Å². The molecule has 0 spiro atoms. The van der Waals surface area contributed by atoms with Crippen LogP contribution in [0.25, 0.3) is 0 Å². The van der Waals surface area contributed by atoms with Crippen molar-refractivity contribution in [2.75, 3.05) is 0 Å². The molecule has 14 heavy (non-hydrogen) atoms. The van der Waals surface area contributed by atoms with E-state index in [2.05, 4.69) is 11.2 Å². The quantitative estimate of drug-likeness (QED) is 0.560. The summed E-state index contributed by atoms with van der Waals surface area (Å²) in [5, 5.41) is 0. The van der Waals surface area contributed by atoms with E-state index in [1.165, 1.54) is 18.2 Å². The van der Waals surface area contributed by atoms with Crippen LogP contribution in [0.15, 0.2) is 29.2 Å². The second kappa shape index (κ2) is 5.20. The van der Waals surface area contributed by atoms with E-state index < -0.39 is 14.7 Å². The third kappa shape index (κ3) is 3.30. The number of benzene rings is 1. The minimum Gasteiger partial charge on any atom is -1.00 e. The number of amides is 1. The second-order valence-corrected chi connectivity index (χ2v) is 5.08. The molecule has 3 N–H and O–H groups in total. The van der Waals surface area contributed by atoms with Crippen molar-refractivity contribution in [1.82, 2.24) is 0 Å². The maximum Gasteiger partial charge on any atom is 1.00 e. The normalized spacial score (nSPS) is 13.8. The molecular formula is C7H8NNaO3S2. The molecule has 7 heteroatoms. The largest absolute Gasteiger partial charge is 1.00 e. The van der Waals surface area contributed by atoms with Gasteiger partial charge in [0.25, 0.3) is 0 Å². The van der Waals surface area contributed by atoms with E-state index in [-0.39, 0.29) is 41.4 Å². The molecule has 0 saturated carbocycles. The van der Waals surface area contributed by atoms with Gasteiger partial charge in [-0.2, -0.15) is 0 Å². The van der Waals surface area contributed by atoms with Crippen LogP contribution in [0.3, 0.4) is 0 Å². The van der Waals surface area contributed by atoms with E-state index >= 15 is 0 Å². The number of carbonyl (C=O) groups is 1. The van der Waals surface area contributed by atoms with Crippen molar-refractivity contribution in [3.8, 4) is 0 Å². The first-order valence-electron chi connectivity index (χ1n) is 3.29. The number of hydrogen-bond donors (Lipinski definition) is 2. The fourth-order valence-corrected chi connectivity index (χ4v) is 2.03. The Bertz CT molecular complexity index is 449. The van der Waals surface area contributed by atoms with Crippen molar-refractivity contribution in [3.63, 3.8) is 0 Å². The molecule has 0 aromatic heterocycles. The van der Waals surface area contributed by atoms with Gasteiger partial charge in [-0.15, -0.1) is 0 Å². The summed E-state index contributed by atoms with van der Waals surface area (Å²) in [5.74, 6) is -0.762. The van der Waals surface area contributed by atoms with Gasteiger partial charge in [0.05, 0.1) is 10.5 Å². The molecule has 1 atom stereocenters. The number of hydrogen-bond acceptors (Lipinski definition) is 3. The van der Waals surface area contributed by atoms with Crippen LogP contribution in [0.5, 0.6) is 0 Å². The molecule has 0 aliphatic rings. The number of rotatable bonds is 2. The van der Waals surface area contributed by atoms with Gasteiger partial charge in [0.15, 0.2) is 8.77 Å². The molecule has 1 amide bonds. The van der Waals surface area contributed by atoms with Gasteiger partial charge < -0.3 is 11.7 Å². The zero-order valence-corrected chi connectivity index (χ0v) is 11.1. The molecule has 4 nitrogen and oxygen atoms in total. The Kier molecular flexibility index (Phi) is 5.21. The molecule has 0 aliphatic heterocycles. The van der Waals surface area contributed by atoms with Crippen LogP contribution < -0.4 is 35.3 Å². The van der Waals surface area contributed by atoms with Gasteiger partial charge in [0.1, 0.15) is 0 Å². The average Bonchev–Trinajstić information content (AvgIpc) is 2.03. The van der Waals surface area contributed by atoms with E-state index in [9.17, 15) is 9.00 Å². The van der Waals surface area contributed by atoms with Crippen molar-refractivity contribution in [3.05, 3.63) is 29.8 Å². The van der Waals surface area contributed by atoms with Gasteiger partial charge in [-0.3, -0.25) is 4.79 Å². The van der Waals surface area contributed by atoms with Crippen LogP contribution in [0, 0.1) is 0 Å². The third-order valence-corrected chi connectivity index (χ3v) is 2.88. The maximum absolute atomic E-state index is 11.1. The molecule has 0 saturated heterocycles. The second-order valence-electron chi connectivity index (χ2n) is 2.34. The maximum atomic E-state index is 11.1. The topological polar surface area (TPSA) is 80.4 Å². The smallest absolute Gasteiger partial charge is 1.00 e. The van der Waals surface area contributed by atoms with Crippen LogP contribution >= 0.6 is 0 Å². The summed E-state index contributed by atoms with van der Waals surface area (Å²) in [5.41, 5.74) is 4.98. The van der Waals surface area contributed by atoms with Crippen molar-refractivity contribution in [1.29, 1.82) is 0 Å². The Balaban J connectivity index is 0. The minimum atomic E-state index is -3.55. The van der Waals surface area contributed by atoms with E-state index in [0.717, 1.165) is 0 Å². The SMILES string of the molecule is NC(=O)c1ccccc1S(=O)(O)=S.[H-].[Na+]. The van der Waals surface area contributed by atoms with Crippen molar-refractivity contribution in [2.24, 2.45) is 5.73 Å². The zero-order chi connectivity index (χ0) is 10.1. The molecule has 0 radical (unpaired) electrons. The molecular weight excluding hydrogens is 233 g/mol. The van der Waals surface area contributed by atoms with Crippen molar-refractivity contribution >= 4 is 25.9 Å². The van der Waals surface area contributed by atoms with Gasteiger partial charge in [-0.05, 0) is 12.1 Å². The van der Waals surface area contributed by atoms with E-state index in [4.69, 9.17) is 10.3 Å². The molecule has 1 unspecified atom stereocenters. The molecule has 72 valence electrons. The fraction of sp³-hybridized carbons (Fsp3) is 0. The Morgan fingerprint density at radius 2 is 2.00 bits per heavy atom. The molecule has 0 aliphatic carbocycles. The third-order valence-electron chi connectivity index (χ3n) is 1.43. The molecule has 1 rings (SSSR count). The van der Waals surface area contributed by atoms with E-state index in [1.54, 1.807) is 6.07 Å². The van der Waals surface area contributed by atoms with Gasteiger partial charge >= 0.3 is 29.6 Å². The van der Waals surface area contributed by atoms with Gasteiger partial charge in [-0.1, -0.05) is 12.1 Å². The molecule has 0 bridgehead atoms. The predicted molar refractivity (Wildman–Crippen MR) is 52.5 cm³/mol. The summed E-state index contributed by atoms with van der Waals surface area (Å²) >= 11 is 4.33. The molecule has 0 fully saturated rings.